The molecule has 5 rings (SSSR count). The summed E-state index contributed by atoms with van der Waals surface area (Å²) in [5.41, 5.74) is 15.5. The van der Waals surface area contributed by atoms with E-state index in [1.807, 2.05) is 48.5 Å². The van der Waals surface area contributed by atoms with Crippen LogP contribution in [-0.4, -0.2) is 11.3 Å². The van der Waals surface area contributed by atoms with Crippen LogP contribution in [0.2, 0.25) is 0 Å². The fraction of sp³-hybridized carbons (Fsp3) is 0.0769. The highest BCUT2D eigenvalue weighted by Gasteiger charge is 2.27. The summed E-state index contributed by atoms with van der Waals surface area (Å²) in [7, 11) is 1.49. The molecule has 0 amide bonds. The molecule has 0 aromatic heterocycles. The highest BCUT2D eigenvalue weighted by molar-refractivity contribution is 7.80. The molecule has 2 N–H and O–H groups in total. The normalized spacial score (nSPS) is 13.0. The molecular formula is C26H21NO2S. The number of benzene rings is 4. The summed E-state index contributed by atoms with van der Waals surface area (Å²) >= 11 is -1.57. The summed E-state index contributed by atoms with van der Waals surface area (Å²) in [6, 6.07) is 28.6. The second-order valence-electron chi connectivity index (χ2n) is 7.37. The van der Waals surface area contributed by atoms with Crippen molar-refractivity contribution in [2.24, 2.45) is 0 Å². The second kappa shape index (κ2) is 7.56. The molecule has 0 radical (unpaired) electrons. The highest BCUT2D eigenvalue weighted by Crippen LogP contribution is 2.45. The number of rotatable bonds is 4. The number of hydrogen-bond donors (Lipinski definition) is 1. The van der Waals surface area contributed by atoms with Gasteiger partial charge in [-0.3, -0.25) is 4.18 Å². The third-order valence-electron chi connectivity index (χ3n) is 5.67. The van der Waals surface area contributed by atoms with Crippen LogP contribution in [0.3, 0.4) is 0 Å². The van der Waals surface area contributed by atoms with Crippen LogP contribution in [0.15, 0.2) is 89.8 Å². The van der Waals surface area contributed by atoms with Crippen molar-refractivity contribution in [1.82, 2.24) is 0 Å². The molecule has 0 bridgehead atoms. The first kappa shape index (κ1) is 18.8. The van der Waals surface area contributed by atoms with Gasteiger partial charge < -0.3 is 5.73 Å². The van der Waals surface area contributed by atoms with Crippen molar-refractivity contribution in [1.29, 1.82) is 0 Å². The predicted octanol–water partition coefficient (Wildman–Crippen LogP) is 5.84. The molecule has 148 valence electrons. The average Bonchev–Trinajstić information content (AvgIpc) is 3.17. The van der Waals surface area contributed by atoms with Crippen LogP contribution in [0.1, 0.15) is 11.1 Å². The lowest BCUT2D eigenvalue weighted by Crippen LogP contribution is -2.03. The molecule has 4 heteroatoms. The van der Waals surface area contributed by atoms with E-state index in [1.54, 1.807) is 0 Å². The Labute approximate surface area is 178 Å². The van der Waals surface area contributed by atoms with E-state index in [1.165, 1.54) is 18.2 Å². The van der Waals surface area contributed by atoms with E-state index in [4.69, 9.17) is 9.92 Å². The maximum absolute atomic E-state index is 13.1. The van der Waals surface area contributed by atoms with Gasteiger partial charge in [0.05, 0.1) is 12.0 Å². The average molecular weight is 412 g/mol. The maximum Gasteiger partial charge on any atom is 0.189 e. The molecule has 1 aliphatic carbocycles. The van der Waals surface area contributed by atoms with E-state index in [0.29, 0.717) is 5.69 Å². The molecule has 0 saturated carbocycles. The van der Waals surface area contributed by atoms with Crippen molar-refractivity contribution < 1.29 is 8.39 Å². The topological polar surface area (TPSA) is 52.3 Å². The molecule has 1 unspecified atom stereocenters. The van der Waals surface area contributed by atoms with Crippen molar-refractivity contribution in [2.75, 3.05) is 12.8 Å². The molecule has 0 spiro atoms. The van der Waals surface area contributed by atoms with Crippen LogP contribution in [0.4, 0.5) is 5.69 Å². The summed E-state index contributed by atoms with van der Waals surface area (Å²) in [5.74, 6) is 0. The van der Waals surface area contributed by atoms with Gasteiger partial charge in [0.25, 0.3) is 0 Å². The highest BCUT2D eigenvalue weighted by atomic mass is 32.2. The molecule has 0 saturated heterocycles. The van der Waals surface area contributed by atoms with E-state index in [0.717, 1.165) is 44.7 Å². The Kier molecular flexibility index (Phi) is 4.74. The van der Waals surface area contributed by atoms with E-state index < -0.39 is 11.1 Å². The molecule has 3 nitrogen and oxygen atoms in total. The van der Waals surface area contributed by atoms with Gasteiger partial charge in [-0.05, 0) is 57.5 Å². The summed E-state index contributed by atoms with van der Waals surface area (Å²) in [5, 5.41) is 0. The maximum atomic E-state index is 13.1. The molecule has 4 aromatic rings. The second-order valence-corrected chi connectivity index (χ2v) is 8.59. The van der Waals surface area contributed by atoms with Crippen molar-refractivity contribution in [3.63, 3.8) is 0 Å². The van der Waals surface area contributed by atoms with Crippen LogP contribution in [-0.2, 0) is 21.7 Å². The lowest BCUT2D eigenvalue weighted by molar-refractivity contribution is 0.445. The number of anilines is 1. The van der Waals surface area contributed by atoms with Crippen molar-refractivity contribution in [3.8, 4) is 33.4 Å². The quantitative estimate of drug-likeness (QED) is 0.378. The summed E-state index contributed by atoms with van der Waals surface area (Å²) < 4.78 is 18.4. The van der Waals surface area contributed by atoms with Gasteiger partial charge in [0.15, 0.2) is 11.1 Å². The van der Waals surface area contributed by atoms with E-state index in [9.17, 15) is 4.21 Å². The third-order valence-corrected chi connectivity index (χ3v) is 6.77. The zero-order chi connectivity index (χ0) is 20.7. The van der Waals surface area contributed by atoms with Crippen LogP contribution in [0.5, 0.6) is 0 Å². The van der Waals surface area contributed by atoms with Gasteiger partial charge in [-0.15, -0.1) is 0 Å². The molecule has 1 atom stereocenters. The number of fused-ring (bicyclic) bond motifs is 3. The molecule has 0 fully saturated rings. The first-order chi connectivity index (χ1) is 14.7. The number of hydrogen-bond acceptors (Lipinski definition) is 3. The summed E-state index contributed by atoms with van der Waals surface area (Å²) in [6.07, 6.45) is 0.749. The van der Waals surface area contributed by atoms with Crippen LogP contribution < -0.4 is 5.73 Å². The van der Waals surface area contributed by atoms with Gasteiger partial charge in [-0.1, -0.05) is 72.8 Å². The lowest BCUT2D eigenvalue weighted by atomic mass is 9.92. The third kappa shape index (κ3) is 3.05. The summed E-state index contributed by atoms with van der Waals surface area (Å²) in [6.45, 7) is 0. The largest absolute Gasteiger partial charge is 0.399 e. The molecule has 0 heterocycles. The van der Waals surface area contributed by atoms with Gasteiger partial charge in [0.1, 0.15) is 0 Å². The molecule has 4 aromatic carbocycles. The fourth-order valence-corrected chi connectivity index (χ4v) is 5.23. The number of nitrogens with two attached hydrogens (primary N) is 1. The Morgan fingerprint density at radius 2 is 1.47 bits per heavy atom. The minimum Gasteiger partial charge on any atom is -0.399 e. The zero-order valence-electron chi connectivity index (χ0n) is 16.6. The minimum atomic E-state index is -1.57. The van der Waals surface area contributed by atoms with Crippen molar-refractivity contribution in [3.05, 3.63) is 96.1 Å². The minimum absolute atomic E-state index is 0.695. The number of nitrogen functional groups attached to an aromatic ring is 1. The predicted molar refractivity (Wildman–Crippen MR) is 123 cm³/mol. The lowest BCUT2D eigenvalue weighted by Gasteiger charge is -2.17. The van der Waals surface area contributed by atoms with Gasteiger partial charge in [0.2, 0.25) is 0 Å². The first-order valence-corrected chi connectivity index (χ1v) is 10.9. The Hall–Kier alpha value is -3.21. The van der Waals surface area contributed by atoms with Crippen molar-refractivity contribution in [2.45, 2.75) is 11.3 Å². The monoisotopic (exact) mass is 411 g/mol. The van der Waals surface area contributed by atoms with Gasteiger partial charge >= 0.3 is 0 Å². The molecule has 0 aliphatic heterocycles. The molecular weight excluding hydrogens is 390 g/mol. The van der Waals surface area contributed by atoms with Crippen LogP contribution >= 0.6 is 0 Å². The summed E-state index contributed by atoms with van der Waals surface area (Å²) in [4.78, 5) is 0.744. The zero-order valence-corrected chi connectivity index (χ0v) is 17.4. The Morgan fingerprint density at radius 1 is 0.767 bits per heavy atom. The first-order valence-electron chi connectivity index (χ1n) is 9.83. The van der Waals surface area contributed by atoms with Gasteiger partial charge in [-0.2, -0.15) is 0 Å². The molecule has 1 aliphatic rings. The molecule has 30 heavy (non-hydrogen) atoms. The van der Waals surface area contributed by atoms with Crippen LogP contribution in [0.25, 0.3) is 33.4 Å². The van der Waals surface area contributed by atoms with Gasteiger partial charge in [0, 0.05) is 11.3 Å². The van der Waals surface area contributed by atoms with E-state index >= 15 is 0 Å². The van der Waals surface area contributed by atoms with Crippen LogP contribution in [0, 0.1) is 0 Å². The van der Waals surface area contributed by atoms with Gasteiger partial charge in [-0.25, -0.2) is 4.21 Å². The van der Waals surface area contributed by atoms with E-state index in [2.05, 4.69) is 36.4 Å². The Balaban J connectivity index is 1.78. The standard InChI is InChI=1S/C26H21NO2S/c1-29-30(28)26-23(14-13-21-20-10-6-5-9-18(20)15-25(21)26)22-12-11-19(27)16-24(22)17-7-3-2-4-8-17/h2-14,16H,15,27H2,1H3. The van der Waals surface area contributed by atoms with E-state index in [-0.39, 0.29) is 0 Å². The SMILES string of the molecule is COS(=O)c1c(-c2ccc(N)cc2-c2ccccc2)ccc2c1Cc1ccccc1-2. The van der Waals surface area contributed by atoms with Crippen molar-refractivity contribution >= 4 is 16.8 Å². The smallest absolute Gasteiger partial charge is 0.189 e. The fourth-order valence-electron chi connectivity index (χ4n) is 4.32. The Morgan fingerprint density at radius 3 is 2.27 bits per heavy atom. The Bertz CT molecular complexity index is 1280.